The van der Waals surface area contributed by atoms with E-state index in [1.165, 1.54) is 0 Å². The van der Waals surface area contributed by atoms with Gasteiger partial charge < -0.3 is 14.1 Å². The van der Waals surface area contributed by atoms with E-state index < -0.39 is 0 Å². The van der Waals surface area contributed by atoms with Crippen LogP contribution in [0.4, 0.5) is 5.69 Å². The molecule has 4 heteroatoms. The zero-order chi connectivity index (χ0) is 14.4. The molecule has 0 radical (unpaired) electrons. The molecular weight excluding hydrogens is 266 g/mol. The van der Waals surface area contributed by atoms with E-state index in [0.717, 1.165) is 30.0 Å². The van der Waals surface area contributed by atoms with E-state index in [0.29, 0.717) is 0 Å². The van der Waals surface area contributed by atoms with Crippen LogP contribution in [0.1, 0.15) is 36.8 Å². The highest BCUT2D eigenvalue weighted by molar-refractivity contribution is 5.94. The minimum Gasteiger partial charge on any atom is -0.467 e. The van der Waals surface area contributed by atoms with Crippen LogP contribution in [-0.2, 0) is 9.53 Å². The highest BCUT2D eigenvalue weighted by Gasteiger charge is 2.47. The topological polar surface area (TPSA) is 42.7 Å². The molecular formula is C17H17NO3. The van der Waals surface area contributed by atoms with Gasteiger partial charge in [0.2, 0.25) is 5.91 Å². The quantitative estimate of drug-likeness (QED) is 0.805. The van der Waals surface area contributed by atoms with E-state index in [4.69, 9.17) is 9.15 Å². The number of hydrogen-bond donors (Lipinski definition) is 0. The van der Waals surface area contributed by atoms with Crippen molar-refractivity contribution < 1.29 is 13.9 Å². The molecule has 2 aliphatic rings. The second kappa shape index (κ2) is 4.74. The Balaban J connectivity index is 1.91. The number of amides is 1. The lowest BCUT2D eigenvalue weighted by Crippen LogP contribution is -2.42. The molecule has 0 aliphatic carbocycles. The van der Waals surface area contributed by atoms with Gasteiger partial charge in [-0.05, 0) is 24.6 Å². The van der Waals surface area contributed by atoms with Gasteiger partial charge in [-0.15, -0.1) is 0 Å². The van der Waals surface area contributed by atoms with Crippen LogP contribution < -0.4 is 4.90 Å². The molecule has 1 fully saturated rings. The minimum atomic E-state index is -0.0834. The van der Waals surface area contributed by atoms with Crippen LogP contribution in [0.15, 0.2) is 47.1 Å². The van der Waals surface area contributed by atoms with Crippen molar-refractivity contribution in [1.82, 2.24) is 0 Å². The summed E-state index contributed by atoms with van der Waals surface area (Å²) in [5, 5.41) is 0. The summed E-state index contributed by atoms with van der Waals surface area (Å²) in [5.41, 5.74) is 2.05. The molecule has 1 aromatic heterocycles. The molecule has 0 bridgehead atoms. The molecule has 1 amide bonds. The summed E-state index contributed by atoms with van der Waals surface area (Å²) in [6.45, 7) is 2.34. The Hall–Kier alpha value is -2.07. The molecule has 3 atom stereocenters. The average molecular weight is 283 g/mol. The first-order chi connectivity index (χ1) is 10.3. The summed E-state index contributed by atoms with van der Waals surface area (Å²) in [5.74, 6) is 1.12. The Morgan fingerprint density at radius 1 is 1.24 bits per heavy atom. The Labute approximate surface area is 123 Å². The van der Waals surface area contributed by atoms with Crippen molar-refractivity contribution in [2.24, 2.45) is 5.92 Å². The predicted octanol–water partition coefficient (Wildman–Crippen LogP) is 3.47. The molecule has 0 N–H and O–H groups in total. The van der Waals surface area contributed by atoms with E-state index >= 15 is 0 Å². The molecule has 3 heterocycles. The molecule has 1 aromatic carbocycles. The van der Waals surface area contributed by atoms with Gasteiger partial charge in [0, 0.05) is 25.0 Å². The SMILES string of the molecule is CC(=O)N1c2ccccc2[C@H]2OCC[C@@H]2[C@@H]1c1ccco1. The number of fused-ring (bicyclic) bond motifs is 3. The number of benzene rings is 1. The normalized spacial score (nSPS) is 27.3. The lowest BCUT2D eigenvalue weighted by Gasteiger charge is -2.42. The highest BCUT2D eigenvalue weighted by atomic mass is 16.5. The monoisotopic (exact) mass is 283 g/mol. The van der Waals surface area contributed by atoms with Crippen LogP contribution in [-0.4, -0.2) is 12.5 Å². The first-order valence-electron chi connectivity index (χ1n) is 7.31. The van der Waals surface area contributed by atoms with Gasteiger partial charge >= 0.3 is 0 Å². The van der Waals surface area contributed by atoms with E-state index in [9.17, 15) is 4.79 Å². The number of carbonyl (C=O) groups is 1. The largest absolute Gasteiger partial charge is 0.467 e. The Morgan fingerprint density at radius 2 is 2.10 bits per heavy atom. The first-order valence-corrected chi connectivity index (χ1v) is 7.31. The number of nitrogens with zero attached hydrogens (tertiary/aromatic N) is 1. The van der Waals surface area contributed by atoms with Gasteiger partial charge in [-0.25, -0.2) is 0 Å². The van der Waals surface area contributed by atoms with E-state index in [1.807, 2.05) is 35.2 Å². The third-order valence-electron chi connectivity index (χ3n) is 4.50. The fraction of sp³-hybridized carbons (Fsp3) is 0.353. The van der Waals surface area contributed by atoms with Crippen molar-refractivity contribution >= 4 is 11.6 Å². The van der Waals surface area contributed by atoms with E-state index in [-0.39, 0.29) is 24.0 Å². The maximum atomic E-state index is 12.3. The fourth-order valence-electron chi connectivity index (χ4n) is 3.70. The number of furan rings is 1. The van der Waals surface area contributed by atoms with Crippen LogP contribution in [0.2, 0.25) is 0 Å². The number of carbonyl (C=O) groups excluding carboxylic acids is 1. The van der Waals surface area contributed by atoms with Gasteiger partial charge in [-0.3, -0.25) is 4.79 Å². The molecule has 0 saturated carbocycles. The van der Waals surface area contributed by atoms with E-state index in [1.54, 1.807) is 13.2 Å². The van der Waals surface area contributed by atoms with Crippen molar-refractivity contribution in [1.29, 1.82) is 0 Å². The smallest absolute Gasteiger partial charge is 0.224 e. The molecule has 4 nitrogen and oxygen atoms in total. The van der Waals surface area contributed by atoms with E-state index in [2.05, 4.69) is 6.07 Å². The van der Waals surface area contributed by atoms with Gasteiger partial charge in [0.25, 0.3) is 0 Å². The van der Waals surface area contributed by atoms with Crippen molar-refractivity contribution in [2.75, 3.05) is 11.5 Å². The molecule has 21 heavy (non-hydrogen) atoms. The van der Waals surface area contributed by atoms with Crippen LogP contribution in [0.25, 0.3) is 0 Å². The number of anilines is 1. The van der Waals surface area contributed by atoms with Crippen molar-refractivity contribution in [3.63, 3.8) is 0 Å². The number of ether oxygens (including phenoxy) is 1. The van der Waals surface area contributed by atoms with Crippen LogP contribution in [0, 0.1) is 5.92 Å². The third kappa shape index (κ3) is 1.83. The Bertz CT molecular complexity index is 664. The van der Waals surface area contributed by atoms with Gasteiger partial charge in [0.1, 0.15) is 11.8 Å². The van der Waals surface area contributed by atoms with Gasteiger partial charge in [-0.1, -0.05) is 18.2 Å². The molecule has 108 valence electrons. The van der Waals surface area contributed by atoms with Gasteiger partial charge in [0.05, 0.1) is 18.1 Å². The first kappa shape index (κ1) is 12.7. The summed E-state index contributed by atoms with van der Waals surface area (Å²) < 4.78 is 11.6. The second-order valence-electron chi connectivity index (χ2n) is 5.65. The summed E-state index contributed by atoms with van der Waals surface area (Å²) >= 11 is 0. The lowest BCUT2D eigenvalue weighted by atomic mass is 9.81. The Kier molecular flexibility index (Phi) is 2.86. The van der Waals surface area contributed by atoms with Crippen LogP contribution >= 0.6 is 0 Å². The van der Waals surface area contributed by atoms with Gasteiger partial charge in [0.15, 0.2) is 0 Å². The zero-order valence-electron chi connectivity index (χ0n) is 11.9. The highest BCUT2D eigenvalue weighted by Crippen LogP contribution is 2.52. The summed E-state index contributed by atoms with van der Waals surface area (Å²) in [6.07, 6.45) is 2.65. The Morgan fingerprint density at radius 3 is 2.86 bits per heavy atom. The third-order valence-corrected chi connectivity index (χ3v) is 4.50. The number of rotatable bonds is 1. The summed E-state index contributed by atoms with van der Waals surface area (Å²) in [7, 11) is 0. The van der Waals surface area contributed by atoms with Crippen LogP contribution in [0.3, 0.4) is 0 Å². The average Bonchev–Trinajstić information content (AvgIpc) is 3.17. The lowest BCUT2D eigenvalue weighted by molar-refractivity contribution is -0.117. The molecule has 4 rings (SSSR count). The van der Waals surface area contributed by atoms with Crippen molar-refractivity contribution in [3.8, 4) is 0 Å². The second-order valence-corrected chi connectivity index (χ2v) is 5.65. The molecule has 0 unspecified atom stereocenters. The maximum absolute atomic E-state index is 12.3. The number of para-hydroxylation sites is 1. The molecule has 0 spiro atoms. The standard InChI is InChI=1S/C17H17NO3/c1-11(19)18-14-6-3-2-5-12(14)17-13(8-10-21-17)16(18)15-7-4-9-20-15/h2-7,9,13,16-17H,8,10H2,1H3/t13-,16-,17-/m1/s1. The maximum Gasteiger partial charge on any atom is 0.224 e. The number of hydrogen-bond acceptors (Lipinski definition) is 3. The molecule has 1 saturated heterocycles. The van der Waals surface area contributed by atoms with Crippen molar-refractivity contribution in [3.05, 3.63) is 54.0 Å². The molecule has 2 aromatic rings. The summed E-state index contributed by atoms with van der Waals surface area (Å²) in [6, 6.07) is 11.8. The van der Waals surface area contributed by atoms with Crippen LogP contribution in [0.5, 0.6) is 0 Å². The summed E-state index contributed by atoms with van der Waals surface area (Å²) in [4.78, 5) is 14.2. The van der Waals surface area contributed by atoms with Gasteiger partial charge in [-0.2, -0.15) is 0 Å². The fourth-order valence-corrected chi connectivity index (χ4v) is 3.70. The minimum absolute atomic E-state index is 0.0363. The zero-order valence-corrected chi connectivity index (χ0v) is 11.9. The predicted molar refractivity (Wildman–Crippen MR) is 77.9 cm³/mol. The molecule has 2 aliphatic heterocycles. The van der Waals surface area contributed by atoms with Crippen molar-refractivity contribution in [2.45, 2.75) is 25.5 Å².